The summed E-state index contributed by atoms with van der Waals surface area (Å²) >= 11 is 0. The predicted molar refractivity (Wildman–Crippen MR) is 78.7 cm³/mol. The van der Waals surface area contributed by atoms with Crippen molar-refractivity contribution in [3.63, 3.8) is 0 Å². The van der Waals surface area contributed by atoms with Gasteiger partial charge in [-0.2, -0.15) is 0 Å². The minimum absolute atomic E-state index is 0.186. The first-order chi connectivity index (χ1) is 9.10. The molecule has 100 valence electrons. The Kier molecular flexibility index (Phi) is 4.33. The molecule has 2 heteroatoms. The van der Waals surface area contributed by atoms with Crippen LogP contribution >= 0.6 is 0 Å². The molecule has 1 nitrogen and oxygen atoms in total. The largest absolute Gasteiger partial charge is 0.313 e. The predicted octanol–water partition coefficient (Wildman–Crippen LogP) is 4.22. The summed E-state index contributed by atoms with van der Waals surface area (Å²) in [6, 6.07) is 11.4. The second-order valence-electron chi connectivity index (χ2n) is 4.96. The van der Waals surface area contributed by atoms with E-state index in [0.717, 1.165) is 29.8 Å². The maximum Gasteiger partial charge on any atom is 0.123 e. The lowest BCUT2D eigenvalue weighted by Crippen LogP contribution is -2.12. The van der Waals surface area contributed by atoms with Gasteiger partial charge in [-0.1, -0.05) is 42.3 Å². The van der Waals surface area contributed by atoms with Crippen molar-refractivity contribution in [2.75, 3.05) is 6.54 Å². The molecule has 19 heavy (non-hydrogen) atoms. The Morgan fingerprint density at radius 2 is 1.68 bits per heavy atom. The number of hydrogen-bond acceptors (Lipinski definition) is 1. The molecular weight excluding hydrogens is 237 g/mol. The number of rotatable bonds is 4. The molecule has 0 aliphatic carbocycles. The molecule has 2 aromatic carbocycles. The van der Waals surface area contributed by atoms with Crippen LogP contribution in [0.15, 0.2) is 36.4 Å². The molecule has 0 saturated carbocycles. The van der Waals surface area contributed by atoms with Gasteiger partial charge in [-0.25, -0.2) is 4.39 Å². The van der Waals surface area contributed by atoms with E-state index < -0.39 is 0 Å². The van der Waals surface area contributed by atoms with Gasteiger partial charge in [0, 0.05) is 6.54 Å². The highest BCUT2D eigenvalue weighted by atomic mass is 19.1. The normalized spacial score (nSPS) is 10.7. The van der Waals surface area contributed by atoms with Crippen LogP contribution in [0.25, 0.3) is 11.1 Å². The first-order valence-electron chi connectivity index (χ1n) is 6.68. The van der Waals surface area contributed by atoms with Crippen LogP contribution < -0.4 is 5.32 Å². The topological polar surface area (TPSA) is 12.0 Å². The van der Waals surface area contributed by atoms with Crippen molar-refractivity contribution in [3.8, 4) is 11.1 Å². The third-order valence-electron chi connectivity index (χ3n) is 3.17. The zero-order chi connectivity index (χ0) is 13.8. The van der Waals surface area contributed by atoms with E-state index in [-0.39, 0.29) is 5.82 Å². The highest BCUT2D eigenvalue weighted by Gasteiger charge is 2.07. The average Bonchev–Trinajstić information content (AvgIpc) is 2.36. The minimum atomic E-state index is -0.186. The van der Waals surface area contributed by atoms with Crippen molar-refractivity contribution < 1.29 is 4.39 Å². The Balaban J connectivity index is 2.49. The van der Waals surface area contributed by atoms with E-state index in [4.69, 9.17) is 0 Å². The summed E-state index contributed by atoms with van der Waals surface area (Å²) in [5, 5.41) is 3.30. The molecule has 0 fully saturated rings. The lowest BCUT2D eigenvalue weighted by molar-refractivity contribution is 0.626. The molecule has 0 heterocycles. The second kappa shape index (κ2) is 5.98. The van der Waals surface area contributed by atoms with Crippen LogP contribution in [0.4, 0.5) is 4.39 Å². The zero-order valence-corrected chi connectivity index (χ0v) is 11.8. The molecule has 0 bridgehead atoms. The Morgan fingerprint density at radius 1 is 1.00 bits per heavy atom. The Bertz CT molecular complexity index is 555. The van der Waals surface area contributed by atoms with Gasteiger partial charge in [-0.05, 0) is 49.2 Å². The highest BCUT2D eigenvalue weighted by Crippen LogP contribution is 2.26. The molecule has 0 aromatic heterocycles. The molecule has 0 saturated heterocycles. The van der Waals surface area contributed by atoms with Gasteiger partial charge in [0.25, 0.3) is 0 Å². The van der Waals surface area contributed by atoms with Crippen molar-refractivity contribution in [1.29, 1.82) is 0 Å². The number of hydrogen-bond donors (Lipinski definition) is 1. The Morgan fingerprint density at radius 3 is 2.32 bits per heavy atom. The van der Waals surface area contributed by atoms with Gasteiger partial charge in [0.1, 0.15) is 5.82 Å². The van der Waals surface area contributed by atoms with Crippen LogP contribution in [0, 0.1) is 19.7 Å². The summed E-state index contributed by atoms with van der Waals surface area (Å²) in [7, 11) is 0. The van der Waals surface area contributed by atoms with Gasteiger partial charge in [0.05, 0.1) is 0 Å². The van der Waals surface area contributed by atoms with Crippen LogP contribution in [0.3, 0.4) is 0 Å². The van der Waals surface area contributed by atoms with Crippen LogP contribution in [0.2, 0.25) is 0 Å². The molecular formula is C17H20FN. The molecule has 2 aromatic rings. The molecule has 2 rings (SSSR count). The van der Waals surface area contributed by atoms with E-state index in [1.165, 1.54) is 17.2 Å². The summed E-state index contributed by atoms with van der Waals surface area (Å²) in [5.41, 5.74) is 5.60. The van der Waals surface area contributed by atoms with Crippen molar-refractivity contribution in [2.45, 2.75) is 27.3 Å². The fourth-order valence-electron chi connectivity index (χ4n) is 2.36. The van der Waals surface area contributed by atoms with E-state index in [9.17, 15) is 4.39 Å². The van der Waals surface area contributed by atoms with Crippen molar-refractivity contribution in [1.82, 2.24) is 5.32 Å². The maximum atomic E-state index is 13.5. The molecule has 0 unspecified atom stereocenters. The zero-order valence-electron chi connectivity index (χ0n) is 11.8. The number of nitrogens with one attached hydrogen (secondary N) is 1. The van der Waals surface area contributed by atoms with Gasteiger partial charge < -0.3 is 5.32 Å². The molecule has 0 aliphatic rings. The smallest absolute Gasteiger partial charge is 0.123 e. The van der Waals surface area contributed by atoms with Gasteiger partial charge in [-0.3, -0.25) is 0 Å². The number of benzene rings is 2. The van der Waals surface area contributed by atoms with Crippen molar-refractivity contribution >= 4 is 0 Å². The van der Waals surface area contributed by atoms with E-state index in [0.29, 0.717) is 0 Å². The van der Waals surface area contributed by atoms with E-state index >= 15 is 0 Å². The van der Waals surface area contributed by atoms with E-state index in [1.54, 1.807) is 6.07 Å². The summed E-state index contributed by atoms with van der Waals surface area (Å²) in [6.45, 7) is 7.88. The van der Waals surface area contributed by atoms with Gasteiger partial charge in [-0.15, -0.1) is 0 Å². The van der Waals surface area contributed by atoms with E-state index in [1.807, 2.05) is 6.07 Å². The van der Waals surface area contributed by atoms with Crippen LogP contribution in [-0.2, 0) is 6.54 Å². The van der Waals surface area contributed by atoms with Crippen LogP contribution in [0.5, 0.6) is 0 Å². The minimum Gasteiger partial charge on any atom is -0.313 e. The molecule has 1 N–H and O–H groups in total. The maximum absolute atomic E-state index is 13.5. The monoisotopic (exact) mass is 257 g/mol. The SMILES string of the molecule is CCNCc1ccc(F)cc1-c1cc(C)cc(C)c1. The molecule has 0 atom stereocenters. The van der Waals surface area contributed by atoms with Crippen LogP contribution in [0.1, 0.15) is 23.6 Å². The van der Waals surface area contributed by atoms with Crippen molar-refractivity contribution in [2.24, 2.45) is 0 Å². The van der Waals surface area contributed by atoms with Crippen LogP contribution in [-0.4, -0.2) is 6.54 Å². The van der Waals surface area contributed by atoms with Crippen molar-refractivity contribution in [3.05, 3.63) is 58.9 Å². The average molecular weight is 257 g/mol. The van der Waals surface area contributed by atoms with E-state index in [2.05, 4.69) is 44.3 Å². The number of halogens is 1. The third kappa shape index (κ3) is 3.42. The lowest BCUT2D eigenvalue weighted by atomic mass is 9.96. The highest BCUT2D eigenvalue weighted by molar-refractivity contribution is 5.69. The standard InChI is InChI=1S/C17H20FN/c1-4-19-11-14-5-6-16(18)10-17(14)15-8-12(2)7-13(3)9-15/h5-10,19H,4,11H2,1-3H3. The summed E-state index contributed by atoms with van der Waals surface area (Å²) in [4.78, 5) is 0. The Labute approximate surface area is 114 Å². The quantitative estimate of drug-likeness (QED) is 0.864. The van der Waals surface area contributed by atoms with Gasteiger partial charge >= 0.3 is 0 Å². The molecule has 0 spiro atoms. The summed E-state index contributed by atoms with van der Waals surface area (Å²) < 4.78 is 13.5. The first-order valence-corrected chi connectivity index (χ1v) is 6.68. The van der Waals surface area contributed by atoms with Gasteiger partial charge in [0.15, 0.2) is 0 Å². The number of aryl methyl sites for hydroxylation is 2. The molecule has 0 aliphatic heterocycles. The Hall–Kier alpha value is -1.67. The third-order valence-corrected chi connectivity index (χ3v) is 3.17. The lowest BCUT2D eigenvalue weighted by Gasteiger charge is -2.12. The molecule has 0 amide bonds. The first kappa shape index (κ1) is 13.8. The van der Waals surface area contributed by atoms with Gasteiger partial charge in [0.2, 0.25) is 0 Å². The summed E-state index contributed by atoms with van der Waals surface area (Å²) in [6.07, 6.45) is 0. The molecule has 0 radical (unpaired) electrons. The second-order valence-corrected chi connectivity index (χ2v) is 4.96. The summed E-state index contributed by atoms with van der Waals surface area (Å²) in [5.74, 6) is -0.186. The fourth-order valence-corrected chi connectivity index (χ4v) is 2.36. The fraction of sp³-hybridized carbons (Fsp3) is 0.294.